The first kappa shape index (κ1) is 20.2. The Balaban J connectivity index is 2.68. The Hall–Kier alpha value is -0.890. The third kappa shape index (κ3) is 7.03. The minimum atomic E-state index is -0.869. The summed E-state index contributed by atoms with van der Waals surface area (Å²) in [6.07, 6.45) is 3.99. The lowest BCUT2D eigenvalue weighted by Crippen LogP contribution is -2.11. The summed E-state index contributed by atoms with van der Waals surface area (Å²) >= 11 is 4.03. The maximum absolute atomic E-state index is 11.8. The van der Waals surface area contributed by atoms with Crippen molar-refractivity contribution in [2.45, 2.75) is 46.0 Å². The van der Waals surface area contributed by atoms with E-state index in [2.05, 4.69) is 18.1 Å². The molecule has 0 aliphatic rings. The summed E-state index contributed by atoms with van der Waals surface area (Å²) in [4.78, 5) is 16.6. The maximum atomic E-state index is 11.8. The van der Waals surface area contributed by atoms with E-state index in [0.717, 1.165) is 37.8 Å². The number of nitriles is 1. The summed E-state index contributed by atoms with van der Waals surface area (Å²) in [7, 11) is 0. The van der Waals surface area contributed by atoms with Crippen LogP contribution in [0.5, 0.6) is 5.75 Å². The zero-order valence-corrected chi connectivity index (χ0v) is 17.4. The first-order valence-electron chi connectivity index (χ1n) is 7.35. The summed E-state index contributed by atoms with van der Waals surface area (Å²) in [5.41, 5.74) is 1.36. The number of unbranched alkanes of at least 4 members (excludes halogenated alkanes) is 2. The molecular formula is C16H18I2N2O3. The molecular weight excluding hydrogens is 522 g/mol. The Bertz CT molecular complexity index is 601. The van der Waals surface area contributed by atoms with Crippen molar-refractivity contribution in [3.8, 4) is 11.8 Å². The van der Waals surface area contributed by atoms with Gasteiger partial charge in [0.25, 0.3) is 0 Å². The number of nitrogens with zero attached hydrogens (tertiary/aromatic N) is 2. The molecule has 0 unspecified atom stereocenters. The summed E-state index contributed by atoms with van der Waals surface area (Å²) in [5.74, 6) is 0.384. The average molecular weight is 540 g/mol. The van der Waals surface area contributed by atoms with Gasteiger partial charge in [-0.15, -0.1) is 0 Å². The van der Waals surface area contributed by atoms with E-state index in [-0.39, 0.29) is 0 Å². The molecule has 0 spiro atoms. The number of hydrogen-bond donors (Lipinski definition) is 0. The number of carbonyl (C=O) groups is 1. The second-order valence-electron chi connectivity index (χ2n) is 4.79. The van der Waals surface area contributed by atoms with Crippen molar-refractivity contribution >= 4 is 57.0 Å². The highest BCUT2D eigenvalue weighted by molar-refractivity contribution is 14.1. The van der Waals surface area contributed by atoms with E-state index in [1.807, 2.05) is 52.1 Å². The van der Waals surface area contributed by atoms with Gasteiger partial charge in [0.1, 0.15) is 0 Å². The summed E-state index contributed by atoms with van der Waals surface area (Å²) in [6, 6.07) is 5.36. The van der Waals surface area contributed by atoms with Crippen LogP contribution in [-0.4, -0.2) is 11.9 Å². The number of carbonyl (C=O) groups excluding carboxylic acids is 1. The normalized spacial score (nSPS) is 11.0. The Morgan fingerprint density at radius 1 is 1.26 bits per heavy atom. The number of halogens is 2. The number of benzene rings is 1. The smallest absolute Gasteiger partial charge is 0.391 e. The van der Waals surface area contributed by atoms with Crippen molar-refractivity contribution in [1.29, 1.82) is 5.26 Å². The number of hydrogen-bond acceptors (Lipinski definition) is 5. The van der Waals surface area contributed by atoms with Gasteiger partial charge in [-0.1, -0.05) is 31.8 Å². The quantitative estimate of drug-likeness (QED) is 0.0856. The Labute approximate surface area is 163 Å². The van der Waals surface area contributed by atoms with Crippen LogP contribution in [0, 0.1) is 18.5 Å². The highest BCUT2D eigenvalue weighted by Gasteiger charge is 2.15. The van der Waals surface area contributed by atoms with E-state index in [0.29, 0.717) is 18.5 Å². The molecule has 1 aromatic carbocycles. The van der Waals surface area contributed by atoms with E-state index in [1.165, 1.54) is 0 Å². The van der Waals surface area contributed by atoms with Crippen LogP contribution in [0.1, 0.15) is 51.5 Å². The summed E-state index contributed by atoms with van der Waals surface area (Å²) in [5, 5.41) is 12.8. The van der Waals surface area contributed by atoms with Crippen molar-refractivity contribution in [2.75, 3.05) is 0 Å². The lowest BCUT2D eigenvalue weighted by molar-refractivity contribution is 0.101. The SMILES string of the molecule is CCCCCC(CC)=NOC(=O)Oc1c(I)cc(C#N)cc1I. The Kier molecular flexibility index (Phi) is 9.47. The first-order valence-corrected chi connectivity index (χ1v) is 9.51. The molecule has 0 amide bonds. The zero-order chi connectivity index (χ0) is 17.2. The topological polar surface area (TPSA) is 71.7 Å². The highest BCUT2D eigenvalue weighted by atomic mass is 127. The molecule has 124 valence electrons. The molecule has 5 nitrogen and oxygen atoms in total. The predicted molar refractivity (Wildman–Crippen MR) is 106 cm³/mol. The third-order valence-corrected chi connectivity index (χ3v) is 4.64. The van der Waals surface area contributed by atoms with Crippen LogP contribution >= 0.6 is 45.2 Å². The first-order chi connectivity index (χ1) is 11.0. The van der Waals surface area contributed by atoms with Crippen LogP contribution in [0.4, 0.5) is 4.79 Å². The maximum Gasteiger partial charge on any atom is 0.540 e. The van der Waals surface area contributed by atoms with Crippen LogP contribution < -0.4 is 4.74 Å². The molecule has 0 fully saturated rings. The summed E-state index contributed by atoms with van der Waals surface area (Å²) < 4.78 is 6.55. The lowest BCUT2D eigenvalue weighted by Gasteiger charge is -2.08. The molecule has 0 aliphatic heterocycles. The van der Waals surface area contributed by atoms with Crippen LogP contribution in [0.3, 0.4) is 0 Å². The average Bonchev–Trinajstić information content (AvgIpc) is 2.53. The van der Waals surface area contributed by atoms with Gasteiger partial charge in [0.2, 0.25) is 0 Å². The standard InChI is InChI=1S/C16H18I2N2O3/c1-3-5-6-7-12(4-2)20-23-16(21)22-15-13(17)8-11(10-19)9-14(15)18/h8-9H,3-7H2,1-2H3. The van der Waals surface area contributed by atoms with Crippen LogP contribution in [0.15, 0.2) is 17.3 Å². The van der Waals surface area contributed by atoms with Crippen molar-refractivity contribution < 1.29 is 14.4 Å². The van der Waals surface area contributed by atoms with Gasteiger partial charge in [-0.25, -0.2) is 4.79 Å². The molecule has 0 heterocycles. The van der Waals surface area contributed by atoms with Gasteiger partial charge in [-0.05, 0) is 76.6 Å². The van der Waals surface area contributed by atoms with E-state index in [1.54, 1.807) is 12.1 Å². The van der Waals surface area contributed by atoms with Crippen LogP contribution in [0.2, 0.25) is 0 Å². The van der Waals surface area contributed by atoms with Crippen LogP contribution in [-0.2, 0) is 4.84 Å². The van der Waals surface area contributed by atoms with Gasteiger partial charge in [0.05, 0.1) is 24.5 Å². The number of rotatable bonds is 7. The fourth-order valence-corrected chi connectivity index (χ4v) is 3.78. The summed E-state index contributed by atoms with van der Waals surface area (Å²) in [6.45, 7) is 4.11. The molecule has 0 saturated carbocycles. The monoisotopic (exact) mass is 540 g/mol. The second kappa shape index (κ2) is 10.8. The minimum Gasteiger partial charge on any atom is -0.391 e. The molecule has 0 aliphatic carbocycles. The van der Waals surface area contributed by atoms with Crippen molar-refractivity contribution in [2.24, 2.45) is 5.16 Å². The molecule has 0 aromatic heterocycles. The number of ether oxygens (including phenoxy) is 1. The van der Waals surface area contributed by atoms with E-state index >= 15 is 0 Å². The molecule has 1 rings (SSSR count). The number of oxime groups is 1. The predicted octanol–water partition coefficient (Wildman–Crippen LogP) is 5.63. The van der Waals surface area contributed by atoms with E-state index in [4.69, 9.17) is 14.8 Å². The molecule has 23 heavy (non-hydrogen) atoms. The fraction of sp³-hybridized carbons (Fsp3) is 0.438. The van der Waals surface area contributed by atoms with Gasteiger partial charge >= 0.3 is 6.16 Å². The molecule has 0 bridgehead atoms. The van der Waals surface area contributed by atoms with Gasteiger partial charge in [-0.3, -0.25) is 4.84 Å². The molecule has 7 heteroatoms. The van der Waals surface area contributed by atoms with Gasteiger partial charge in [-0.2, -0.15) is 5.26 Å². The zero-order valence-electron chi connectivity index (χ0n) is 13.1. The van der Waals surface area contributed by atoms with Gasteiger partial charge in [0, 0.05) is 0 Å². The third-order valence-electron chi connectivity index (χ3n) is 3.04. The molecule has 0 N–H and O–H groups in total. The van der Waals surface area contributed by atoms with Crippen molar-refractivity contribution in [3.05, 3.63) is 24.8 Å². The second-order valence-corrected chi connectivity index (χ2v) is 7.12. The fourth-order valence-electron chi connectivity index (χ4n) is 1.79. The largest absolute Gasteiger partial charge is 0.540 e. The van der Waals surface area contributed by atoms with Crippen molar-refractivity contribution in [3.63, 3.8) is 0 Å². The minimum absolute atomic E-state index is 0.384. The van der Waals surface area contributed by atoms with E-state index in [9.17, 15) is 4.79 Å². The lowest BCUT2D eigenvalue weighted by atomic mass is 10.1. The van der Waals surface area contributed by atoms with Crippen LogP contribution in [0.25, 0.3) is 0 Å². The highest BCUT2D eigenvalue weighted by Crippen LogP contribution is 2.29. The van der Waals surface area contributed by atoms with E-state index < -0.39 is 6.16 Å². The van der Waals surface area contributed by atoms with Gasteiger partial charge in [0.15, 0.2) is 5.75 Å². The van der Waals surface area contributed by atoms with Gasteiger partial charge < -0.3 is 4.74 Å². The molecule has 1 aromatic rings. The molecule has 0 atom stereocenters. The Morgan fingerprint density at radius 2 is 1.91 bits per heavy atom. The molecule has 0 radical (unpaired) electrons. The van der Waals surface area contributed by atoms with Crippen molar-refractivity contribution in [1.82, 2.24) is 0 Å². The molecule has 0 saturated heterocycles. The Morgan fingerprint density at radius 3 is 2.43 bits per heavy atom.